The Bertz CT molecular complexity index is 1630. The molecule has 6 N–H and O–H groups in total. The van der Waals surface area contributed by atoms with Gasteiger partial charge in [0.05, 0.1) is 22.2 Å². The van der Waals surface area contributed by atoms with Crippen molar-refractivity contribution in [1.29, 1.82) is 0 Å². The number of aliphatic carboxylic acids is 1. The first-order valence-electron chi connectivity index (χ1n) is 17.1. The maximum Gasteiger partial charge on any atom is 0.412 e. The van der Waals surface area contributed by atoms with Crippen LogP contribution in [0.5, 0.6) is 0 Å². The lowest BCUT2D eigenvalue weighted by Crippen LogP contribution is -2.54. The predicted octanol–water partition coefficient (Wildman–Crippen LogP) is 4.41. The third-order valence-electron chi connectivity index (χ3n) is 9.60. The maximum atomic E-state index is 12.6. The van der Waals surface area contributed by atoms with E-state index >= 15 is 0 Å². The monoisotopic (exact) mass is 673 g/mol. The van der Waals surface area contributed by atoms with E-state index in [0.29, 0.717) is 24.2 Å². The van der Waals surface area contributed by atoms with Crippen LogP contribution in [0.3, 0.4) is 0 Å². The van der Waals surface area contributed by atoms with Crippen LogP contribution in [0.15, 0.2) is 61.1 Å². The number of hydrogen-bond acceptors (Lipinski definition) is 10. The maximum absolute atomic E-state index is 12.6. The summed E-state index contributed by atoms with van der Waals surface area (Å²) in [5.74, 6) is -0.453. The molecule has 0 unspecified atom stereocenters. The molecule has 0 bridgehead atoms. The number of carboxylic acid groups (broad SMARTS) is 1. The predicted molar refractivity (Wildman–Crippen MR) is 190 cm³/mol. The number of H-pyrrole nitrogens is 1. The summed E-state index contributed by atoms with van der Waals surface area (Å²) in [5, 5.41) is 22.6. The number of carboxylic acids is 1. The summed E-state index contributed by atoms with van der Waals surface area (Å²) in [6.45, 7) is 11.8. The van der Waals surface area contributed by atoms with E-state index in [1.807, 2.05) is 45.0 Å². The average molecular weight is 674 g/mol. The van der Waals surface area contributed by atoms with Crippen LogP contribution in [0.4, 0.5) is 10.5 Å². The van der Waals surface area contributed by atoms with E-state index < -0.39 is 28.7 Å². The number of likely N-dealkylation sites (N-methyl/N-ethyl adjacent to an activating group) is 1. The molecule has 3 aromatic rings. The van der Waals surface area contributed by atoms with Crippen LogP contribution < -0.4 is 16.4 Å². The van der Waals surface area contributed by atoms with E-state index in [4.69, 9.17) is 20.4 Å². The van der Waals surface area contributed by atoms with Crippen LogP contribution in [-0.2, 0) is 21.6 Å². The van der Waals surface area contributed by atoms with E-state index in [0.717, 1.165) is 68.3 Å². The average Bonchev–Trinajstić information content (AvgIpc) is 3.50. The standard InChI is InChI=1S/C34H47N9O2.C2H4O2/c1-32(2,3)45-31(44)39-28-8-6-5-7-24(28)21-38-34(25-9-11-26(12-10-25)43-19-17-42(4)18-20-43)15-13-33(35,14-16-34)29-27-22-36-23-37-30(27)41-40-29;1-2(3)4/h5-8,13-16,22-23,25-26,38H,9-12,17-21,35H2,1-4H3,(H,39,44)(H,36,37,40,41);1H3,(H,3,4). The molecule has 2 fully saturated rings. The number of rotatable bonds is 7. The Kier molecular flexibility index (Phi) is 11.2. The summed E-state index contributed by atoms with van der Waals surface area (Å²) < 4.78 is 5.53. The van der Waals surface area contributed by atoms with Gasteiger partial charge >= 0.3 is 6.09 Å². The normalized spacial score (nSPS) is 26.2. The minimum atomic E-state index is -0.877. The van der Waals surface area contributed by atoms with Crippen LogP contribution in [0.25, 0.3) is 11.0 Å². The molecule has 2 aromatic heterocycles. The van der Waals surface area contributed by atoms with Crippen molar-refractivity contribution < 1.29 is 19.4 Å². The third-order valence-corrected chi connectivity index (χ3v) is 9.60. The highest BCUT2D eigenvalue weighted by molar-refractivity contribution is 5.86. The lowest BCUT2D eigenvalue weighted by atomic mass is 9.69. The summed E-state index contributed by atoms with van der Waals surface area (Å²) in [4.78, 5) is 35.2. The Hall–Kier alpha value is -4.17. The second-order valence-electron chi connectivity index (χ2n) is 14.4. The number of para-hydroxylation sites is 1. The van der Waals surface area contributed by atoms with Gasteiger partial charge in [0.2, 0.25) is 0 Å². The summed E-state index contributed by atoms with van der Waals surface area (Å²) >= 11 is 0. The van der Waals surface area contributed by atoms with Crippen molar-refractivity contribution in [2.45, 2.75) is 82.6 Å². The molecule has 49 heavy (non-hydrogen) atoms. The first-order valence-corrected chi connectivity index (χ1v) is 17.1. The molecule has 0 atom stereocenters. The van der Waals surface area contributed by atoms with E-state index in [1.165, 1.54) is 19.2 Å². The number of aromatic amines is 1. The van der Waals surface area contributed by atoms with Crippen LogP contribution in [0.2, 0.25) is 0 Å². The van der Waals surface area contributed by atoms with Crippen molar-refractivity contribution in [2.24, 2.45) is 11.7 Å². The molecule has 1 amide bonds. The number of nitrogens with one attached hydrogen (secondary N) is 3. The second kappa shape index (κ2) is 15.2. The first kappa shape index (κ1) is 36.1. The van der Waals surface area contributed by atoms with E-state index in [1.54, 1.807) is 6.20 Å². The molecule has 1 saturated carbocycles. The van der Waals surface area contributed by atoms with Gasteiger partial charge in [0, 0.05) is 57.6 Å². The number of benzene rings is 1. The summed E-state index contributed by atoms with van der Waals surface area (Å²) in [6.07, 6.45) is 16.0. The molecular weight excluding hydrogens is 622 g/mol. The fourth-order valence-electron chi connectivity index (χ4n) is 7.02. The molecule has 2 aliphatic carbocycles. The van der Waals surface area contributed by atoms with E-state index in [-0.39, 0.29) is 0 Å². The number of carbonyl (C=O) groups excluding carboxylic acids is 1. The molecular formula is C36H51N9O4. The molecule has 3 heterocycles. The number of hydrogen-bond donors (Lipinski definition) is 5. The van der Waals surface area contributed by atoms with E-state index in [9.17, 15) is 4.79 Å². The first-order chi connectivity index (χ1) is 23.3. The summed E-state index contributed by atoms with van der Waals surface area (Å²) in [6, 6.07) is 8.50. The smallest absolute Gasteiger partial charge is 0.412 e. The molecule has 13 nitrogen and oxygen atoms in total. The molecule has 1 saturated heterocycles. The summed E-state index contributed by atoms with van der Waals surface area (Å²) in [5.41, 5.74) is 8.21. The van der Waals surface area contributed by atoms with Gasteiger partial charge in [-0.05, 0) is 71.0 Å². The Morgan fingerprint density at radius 3 is 2.37 bits per heavy atom. The van der Waals surface area contributed by atoms with Crippen molar-refractivity contribution in [3.63, 3.8) is 0 Å². The SMILES string of the molecule is CC(=O)O.CN1CCN(C2CCC(C3(NCc4ccccc4NC(=O)OC(C)(C)C)C=CC(N)(c4[nH]nc5ncncc45)C=C3)CC2)CC1. The topological polar surface area (TPSA) is 175 Å². The van der Waals surface area contributed by atoms with Gasteiger partial charge in [-0.3, -0.25) is 20.1 Å². The number of amides is 1. The van der Waals surface area contributed by atoms with E-state index in [2.05, 4.69) is 72.0 Å². The molecule has 0 radical (unpaired) electrons. The van der Waals surface area contributed by atoms with Crippen molar-refractivity contribution in [3.8, 4) is 0 Å². The molecule has 3 aliphatic rings. The van der Waals surface area contributed by atoms with Gasteiger partial charge in [-0.25, -0.2) is 14.8 Å². The highest BCUT2D eigenvalue weighted by Crippen LogP contribution is 2.41. The van der Waals surface area contributed by atoms with Crippen LogP contribution in [0, 0.1) is 5.92 Å². The fourth-order valence-corrected chi connectivity index (χ4v) is 7.02. The molecule has 6 rings (SSSR count). The van der Waals surface area contributed by atoms with Crippen molar-refractivity contribution >= 4 is 28.8 Å². The lowest BCUT2D eigenvalue weighted by Gasteiger charge is -2.46. The third kappa shape index (κ3) is 9.09. The van der Waals surface area contributed by atoms with Gasteiger partial charge < -0.3 is 25.8 Å². The van der Waals surface area contributed by atoms with Crippen molar-refractivity contribution in [1.82, 2.24) is 35.3 Å². The quantitative estimate of drug-likeness (QED) is 0.225. The minimum Gasteiger partial charge on any atom is -0.481 e. The van der Waals surface area contributed by atoms with Gasteiger partial charge in [0.15, 0.2) is 5.65 Å². The van der Waals surface area contributed by atoms with Crippen molar-refractivity contribution in [2.75, 3.05) is 38.5 Å². The molecule has 1 aliphatic heterocycles. The zero-order valence-electron chi connectivity index (χ0n) is 29.3. The van der Waals surface area contributed by atoms with Gasteiger partial charge in [0.25, 0.3) is 5.97 Å². The molecule has 0 spiro atoms. The number of anilines is 1. The molecule has 13 heteroatoms. The lowest BCUT2D eigenvalue weighted by molar-refractivity contribution is -0.134. The zero-order valence-corrected chi connectivity index (χ0v) is 29.3. The number of carbonyl (C=O) groups is 2. The van der Waals surface area contributed by atoms with Crippen LogP contribution in [-0.4, -0.2) is 97.5 Å². The number of aromatic nitrogens is 4. The van der Waals surface area contributed by atoms with Crippen LogP contribution >= 0.6 is 0 Å². The Morgan fingerprint density at radius 2 is 1.71 bits per heavy atom. The molecule has 264 valence electrons. The van der Waals surface area contributed by atoms with Crippen LogP contribution in [0.1, 0.15) is 64.6 Å². The summed E-state index contributed by atoms with van der Waals surface area (Å²) in [7, 11) is 2.21. The number of nitrogens with two attached hydrogens (primary N) is 1. The number of piperazine rings is 1. The number of ether oxygens (including phenoxy) is 1. The molecule has 1 aromatic carbocycles. The largest absolute Gasteiger partial charge is 0.481 e. The highest BCUT2D eigenvalue weighted by Gasteiger charge is 2.42. The Balaban J connectivity index is 0.00000111. The van der Waals surface area contributed by atoms with Gasteiger partial charge in [0.1, 0.15) is 11.9 Å². The van der Waals surface area contributed by atoms with Gasteiger partial charge in [-0.15, -0.1) is 0 Å². The Labute approximate surface area is 288 Å². The highest BCUT2D eigenvalue weighted by atomic mass is 16.6. The minimum absolute atomic E-state index is 0.381. The second-order valence-corrected chi connectivity index (χ2v) is 14.4. The van der Waals surface area contributed by atoms with Crippen molar-refractivity contribution in [3.05, 3.63) is 72.4 Å². The number of nitrogens with zero attached hydrogens (tertiary/aromatic N) is 5. The van der Waals surface area contributed by atoms with Gasteiger partial charge in [-0.2, -0.15) is 5.10 Å². The number of fused-ring (bicyclic) bond motifs is 1. The zero-order chi connectivity index (χ0) is 35.2. The van der Waals surface area contributed by atoms with Gasteiger partial charge in [-0.1, -0.05) is 42.5 Å². The fraction of sp³-hybridized carbons (Fsp3) is 0.528. The Morgan fingerprint density at radius 1 is 1.06 bits per heavy atom.